The zero-order valence-corrected chi connectivity index (χ0v) is 22.1. The molecule has 42 heavy (non-hydrogen) atoms. The minimum atomic E-state index is -5.07. The van der Waals surface area contributed by atoms with E-state index in [1.165, 1.54) is 30.6 Å². The lowest BCUT2D eigenvalue weighted by Gasteiger charge is -2.25. The Hall–Kier alpha value is -5.22. The Labute approximate surface area is 238 Å². The van der Waals surface area contributed by atoms with Crippen molar-refractivity contribution < 1.29 is 22.4 Å². The van der Waals surface area contributed by atoms with Gasteiger partial charge < -0.3 is 15.5 Å². The summed E-state index contributed by atoms with van der Waals surface area (Å²) in [6, 6.07) is 27.8. The lowest BCUT2D eigenvalue weighted by atomic mass is 10.1. The van der Waals surface area contributed by atoms with Crippen LogP contribution in [0.3, 0.4) is 0 Å². The van der Waals surface area contributed by atoms with E-state index in [4.69, 9.17) is 10.2 Å². The van der Waals surface area contributed by atoms with Gasteiger partial charge in [0.15, 0.2) is 0 Å². The quantitative estimate of drug-likeness (QED) is 0.207. The standard InChI is InChI=1S/C32H24F3N5O2/c33-32(34,35)31(41)40(23-6-3-5-20(17-23)15-16-36)22-13-11-21(12-14-22)39-29-18-27(37-19-38-29)26-9-4-8-25-24-7-1-2-10-28(24)42-30(25)26/h1-14,17-19H,15-16,36H2,(H,37,38,39). The lowest BCUT2D eigenvalue weighted by Crippen LogP contribution is -2.38. The van der Waals surface area contributed by atoms with Crippen LogP contribution in [-0.4, -0.2) is 28.6 Å². The molecule has 0 aliphatic heterocycles. The molecular formula is C32H24F3N5O2. The molecule has 0 aliphatic carbocycles. The number of benzene rings is 4. The molecule has 2 heterocycles. The molecule has 10 heteroatoms. The third-order valence-corrected chi connectivity index (χ3v) is 6.79. The second-order valence-electron chi connectivity index (χ2n) is 9.59. The Kier molecular flexibility index (Phi) is 7.05. The summed E-state index contributed by atoms with van der Waals surface area (Å²) >= 11 is 0. The smallest absolute Gasteiger partial charge is 0.455 e. The van der Waals surface area contributed by atoms with Crippen LogP contribution in [0.1, 0.15) is 5.56 Å². The highest BCUT2D eigenvalue weighted by Crippen LogP contribution is 2.36. The van der Waals surface area contributed by atoms with E-state index >= 15 is 0 Å². The SMILES string of the molecule is NCCc1cccc(N(C(=O)C(F)(F)F)c2ccc(Nc3cc(-c4cccc5c4oc4ccccc45)ncn3)cc2)c1. The number of nitrogens with one attached hydrogen (secondary N) is 1. The van der Waals surface area contributed by atoms with E-state index in [9.17, 15) is 18.0 Å². The number of rotatable bonds is 7. The average Bonchev–Trinajstić information content (AvgIpc) is 3.37. The fraction of sp³-hybridized carbons (Fsp3) is 0.0938. The van der Waals surface area contributed by atoms with Gasteiger partial charge in [-0.25, -0.2) is 9.97 Å². The monoisotopic (exact) mass is 567 g/mol. The molecule has 6 aromatic rings. The molecule has 0 fully saturated rings. The maximum Gasteiger partial charge on any atom is 0.472 e. The number of carbonyl (C=O) groups is 1. The number of alkyl halides is 3. The van der Waals surface area contributed by atoms with E-state index in [0.717, 1.165) is 27.5 Å². The highest BCUT2D eigenvalue weighted by Gasteiger charge is 2.43. The van der Waals surface area contributed by atoms with Crippen LogP contribution in [0.15, 0.2) is 108 Å². The van der Waals surface area contributed by atoms with Gasteiger partial charge in [0.05, 0.1) is 5.69 Å². The van der Waals surface area contributed by atoms with Crippen LogP contribution in [0.4, 0.5) is 36.1 Å². The summed E-state index contributed by atoms with van der Waals surface area (Å²) in [5.41, 5.74) is 9.96. The van der Waals surface area contributed by atoms with E-state index in [1.54, 1.807) is 30.3 Å². The molecule has 0 radical (unpaired) electrons. The number of furan rings is 1. The number of halogens is 3. The van der Waals surface area contributed by atoms with E-state index in [-0.39, 0.29) is 11.4 Å². The number of hydrogen-bond acceptors (Lipinski definition) is 6. The Morgan fingerprint density at radius 1 is 0.857 bits per heavy atom. The van der Waals surface area contributed by atoms with Gasteiger partial charge in [0.2, 0.25) is 0 Å². The predicted octanol–water partition coefficient (Wildman–Crippen LogP) is 7.51. The highest BCUT2D eigenvalue weighted by atomic mass is 19.4. The molecule has 6 rings (SSSR count). The number of nitrogens with two attached hydrogens (primary N) is 1. The first-order valence-corrected chi connectivity index (χ1v) is 13.1. The minimum Gasteiger partial charge on any atom is -0.455 e. The zero-order chi connectivity index (χ0) is 29.3. The van der Waals surface area contributed by atoms with Gasteiger partial charge in [0.25, 0.3) is 0 Å². The zero-order valence-electron chi connectivity index (χ0n) is 22.1. The fourth-order valence-corrected chi connectivity index (χ4v) is 4.89. The maximum atomic E-state index is 13.6. The second-order valence-corrected chi connectivity index (χ2v) is 9.59. The third kappa shape index (κ3) is 5.27. The fourth-order valence-electron chi connectivity index (χ4n) is 4.89. The number of nitrogens with zero attached hydrogens (tertiary/aromatic N) is 3. The molecule has 0 atom stereocenters. The molecular weight excluding hydrogens is 543 g/mol. The van der Waals surface area contributed by atoms with Crippen molar-refractivity contribution in [3.63, 3.8) is 0 Å². The summed E-state index contributed by atoms with van der Waals surface area (Å²) in [5, 5.41) is 5.13. The summed E-state index contributed by atoms with van der Waals surface area (Å²) in [4.78, 5) is 21.9. The van der Waals surface area contributed by atoms with Crippen LogP contribution in [-0.2, 0) is 11.2 Å². The Morgan fingerprint density at radius 2 is 1.62 bits per heavy atom. The molecule has 0 saturated heterocycles. The predicted molar refractivity (Wildman–Crippen MR) is 157 cm³/mol. The molecule has 2 aromatic heterocycles. The van der Waals surface area contributed by atoms with Crippen LogP contribution < -0.4 is 16.0 Å². The molecule has 0 spiro atoms. The van der Waals surface area contributed by atoms with Crippen molar-refractivity contribution in [2.75, 3.05) is 16.8 Å². The van der Waals surface area contributed by atoms with E-state index < -0.39 is 12.1 Å². The topological polar surface area (TPSA) is 97.3 Å². The number of fused-ring (bicyclic) bond motifs is 3. The molecule has 0 unspecified atom stereocenters. The summed E-state index contributed by atoms with van der Waals surface area (Å²) in [6.45, 7) is 0.329. The van der Waals surface area contributed by atoms with E-state index in [2.05, 4.69) is 15.3 Å². The van der Waals surface area contributed by atoms with Gasteiger partial charge in [-0.2, -0.15) is 13.2 Å². The lowest BCUT2D eigenvalue weighted by molar-refractivity contribution is -0.169. The molecule has 3 N–H and O–H groups in total. The van der Waals surface area contributed by atoms with Gasteiger partial charge in [0, 0.05) is 39.5 Å². The van der Waals surface area contributed by atoms with Crippen molar-refractivity contribution in [2.24, 2.45) is 5.73 Å². The first-order chi connectivity index (χ1) is 20.3. The van der Waals surface area contributed by atoms with Gasteiger partial charge in [0.1, 0.15) is 23.3 Å². The highest BCUT2D eigenvalue weighted by molar-refractivity contribution is 6.09. The molecule has 210 valence electrons. The van der Waals surface area contributed by atoms with Crippen molar-refractivity contribution in [2.45, 2.75) is 12.6 Å². The number of anilines is 4. The van der Waals surface area contributed by atoms with Crippen LogP contribution in [0.5, 0.6) is 0 Å². The largest absolute Gasteiger partial charge is 0.472 e. The number of aromatic nitrogens is 2. The third-order valence-electron chi connectivity index (χ3n) is 6.79. The van der Waals surface area contributed by atoms with Crippen LogP contribution in [0.25, 0.3) is 33.2 Å². The Bertz CT molecular complexity index is 1900. The number of carbonyl (C=O) groups excluding carboxylic acids is 1. The molecule has 0 bridgehead atoms. The first kappa shape index (κ1) is 27.0. The molecule has 0 saturated carbocycles. The molecule has 7 nitrogen and oxygen atoms in total. The van der Waals surface area contributed by atoms with Gasteiger partial charge in [-0.1, -0.05) is 42.5 Å². The van der Waals surface area contributed by atoms with Crippen LogP contribution in [0.2, 0.25) is 0 Å². The number of amides is 1. The molecule has 4 aromatic carbocycles. The van der Waals surface area contributed by atoms with Crippen LogP contribution >= 0.6 is 0 Å². The van der Waals surface area contributed by atoms with Gasteiger partial charge in [-0.05, 0) is 67.1 Å². The Balaban J connectivity index is 1.29. The minimum absolute atomic E-state index is 0.0627. The number of hydrogen-bond donors (Lipinski definition) is 2. The van der Waals surface area contributed by atoms with Crippen molar-refractivity contribution >= 4 is 50.7 Å². The maximum absolute atomic E-state index is 13.6. The summed E-state index contributed by atoms with van der Waals surface area (Å²) < 4.78 is 46.9. The van der Waals surface area contributed by atoms with Gasteiger partial charge in [-0.3, -0.25) is 9.69 Å². The summed E-state index contributed by atoms with van der Waals surface area (Å²) in [6.07, 6.45) is -3.18. The second kappa shape index (κ2) is 11.0. The van der Waals surface area contributed by atoms with Crippen molar-refractivity contribution in [3.8, 4) is 11.3 Å². The van der Waals surface area contributed by atoms with Crippen molar-refractivity contribution in [1.82, 2.24) is 9.97 Å². The Morgan fingerprint density at radius 3 is 2.40 bits per heavy atom. The van der Waals surface area contributed by atoms with Gasteiger partial charge in [-0.15, -0.1) is 0 Å². The first-order valence-electron chi connectivity index (χ1n) is 13.1. The summed E-state index contributed by atoms with van der Waals surface area (Å²) in [7, 11) is 0. The van der Waals surface area contributed by atoms with E-state index in [1.807, 2.05) is 42.5 Å². The van der Waals surface area contributed by atoms with Crippen molar-refractivity contribution in [3.05, 3.63) is 109 Å². The van der Waals surface area contributed by atoms with E-state index in [0.29, 0.717) is 40.6 Å². The van der Waals surface area contributed by atoms with Crippen molar-refractivity contribution in [1.29, 1.82) is 0 Å². The average molecular weight is 568 g/mol. The summed E-state index contributed by atoms with van der Waals surface area (Å²) in [5.74, 6) is -1.52. The number of para-hydroxylation sites is 2. The van der Waals surface area contributed by atoms with Crippen LogP contribution in [0, 0.1) is 0 Å². The van der Waals surface area contributed by atoms with Gasteiger partial charge >= 0.3 is 12.1 Å². The normalized spacial score (nSPS) is 11.6. The molecule has 1 amide bonds. The molecule has 0 aliphatic rings.